The molecule has 1 saturated carbocycles. The summed E-state index contributed by atoms with van der Waals surface area (Å²) in [5, 5.41) is 1.03. The molecule has 1 atom stereocenters. The molecule has 1 aromatic carbocycles. The van der Waals surface area contributed by atoms with Crippen LogP contribution in [-0.2, 0) is 6.61 Å². The lowest BCUT2D eigenvalue weighted by atomic mass is 10.2. The minimum absolute atomic E-state index is 0.0681. The summed E-state index contributed by atoms with van der Waals surface area (Å²) in [6.45, 7) is 2.56. The van der Waals surface area contributed by atoms with Gasteiger partial charge in [-0.1, -0.05) is 18.2 Å². The summed E-state index contributed by atoms with van der Waals surface area (Å²) in [5.41, 5.74) is 7.24. The second-order valence-corrected chi connectivity index (χ2v) is 6.14. The highest BCUT2D eigenvalue weighted by atomic mass is 32.1. The van der Waals surface area contributed by atoms with Crippen molar-refractivity contribution in [2.45, 2.75) is 38.3 Å². The van der Waals surface area contributed by atoms with Crippen LogP contribution in [0.1, 0.15) is 47.3 Å². The van der Waals surface area contributed by atoms with E-state index in [9.17, 15) is 0 Å². The van der Waals surface area contributed by atoms with E-state index in [1.807, 2.05) is 37.3 Å². The molecule has 1 fully saturated rings. The summed E-state index contributed by atoms with van der Waals surface area (Å²) < 4.78 is 5.75. The third-order valence-corrected chi connectivity index (χ3v) is 4.45. The molecule has 1 aliphatic rings. The Morgan fingerprint density at radius 2 is 2.11 bits per heavy atom. The predicted molar refractivity (Wildman–Crippen MR) is 77.5 cm³/mol. The topological polar surface area (TPSA) is 48.1 Å². The quantitative estimate of drug-likeness (QED) is 0.906. The van der Waals surface area contributed by atoms with E-state index in [0.717, 1.165) is 10.8 Å². The molecule has 1 aliphatic carbocycles. The van der Waals surface area contributed by atoms with Crippen molar-refractivity contribution < 1.29 is 4.74 Å². The standard InChI is InChI=1S/C15H18N2OS/c1-10(16)15-14(11-7-8-11)17-13(19-15)9-18-12-5-3-2-4-6-12/h2-6,10-11H,7-9,16H2,1H3. The van der Waals surface area contributed by atoms with E-state index in [1.165, 1.54) is 23.4 Å². The van der Waals surface area contributed by atoms with Crippen LogP contribution in [0, 0.1) is 0 Å². The predicted octanol–water partition coefficient (Wildman–Crippen LogP) is 3.62. The molecule has 1 aromatic heterocycles. The van der Waals surface area contributed by atoms with Crippen LogP contribution >= 0.6 is 11.3 Å². The van der Waals surface area contributed by atoms with Gasteiger partial charge in [0.05, 0.1) is 5.69 Å². The zero-order valence-electron chi connectivity index (χ0n) is 11.0. The number of rotatable bonds is 5. The largest absolute Gasteiger partial charge is 0.486 e. The van der Waals surface area contributed by atoms with Crippen LogP contribution in [0.2, 0.25) is 0 Å². The zero-order chi connectivity index (χ0) is 13.2. The molecule has 100 valence electrons. The van der Waals surface area contributed by atoms with Crippen molar-refractivity contribution in [3.8, 4) is 5.75 Å². The minimum atomic E-state index is 0.0681. The highest BCUT2D eigenvalue weighted by molar-refractivity contribution is 7.11. The SMILES string of the molecule is CC(N)c1sc(COc2ccccc2)nc1C1CC1. The third kappa shape index (κ3) is 2.96. The average molecular weight is 274 g/mol. The summed E-state index contributed by atoms with van der Waals surface area (Å²) in [7, 11) is 0. The van der Waals surface area contributed by atoms with Crippen molar-refractivity contribution >= 4 is 11.3 Å². The zero-order valence-corrected chi connectivity index (χ0v) is 11.8. The lowest BCUT2D eigenvalue weighted by Crippen LogP contribution is -2.05. The van der Waals surface area contributed by atoms with Crippen molar-refractivity contribution in [3.05, 3.63) is 45.9 Å². The maximum Gasteiger partial charge on any atom is 0.140 e. The second kappa shape index (κ2) is 5.31. The molecule has 0 bridgehead atoms. The molecule has 4 heteroatoms. The fourth-order valence-electron chi connectivity index (χ4n) is 2.09. The number of para-hydroxylation sites is 1. The van der Waals surface area contributed by atoms with Gasteiger partial charge in [-0.3, -0.25) is 0 Å². The van der Waals surface area contributed by atoms with E-state index in [-0.39, 0.29) is 6.04 Å². The molecular weight excluding hydrogens is 256 g/mol. The highest BCUT2D eigenvalue weighted by Crippen LogP contribution is 2.44. The van der Waals surface area contributed by atoms with Gasteiger partial charge in [-0.25, -0.2) is 4.98 Å². The van der Waals surface area contributed by atoms with Crippen molar-refractivity contribution in [2.24, 2.45) is 5.73 Å². The van der Waals surface area contributed by atoms with Gasteiger partial charge in [0.1, 0.15) is 17.4 Å². The first-order chi connectivity index (χ1) is 9.24. The van der Waals surface area contributed by atoms with Gasteiger partial charge in [0.15, 0.2) is 0 Å². The number of benzene rings is 1. The Bertz CT molecular complexity index is 527. The summed E-state index contributed by atoms with van der Waals surface area (Å²) >= 11 is 1.69. The number of hydrogen-bond acceptors (Lipinski definition) is 4. The van der Waals surface area contributed by atoms with Gasteiger partial charge in [0, 0.05) is 16.8 Å². The van der Waals surface area contributed by atoms with E-state index in [4.69, 9.17) is 15.5 Å². The Balaban J connectivity index is 1.73. The molecule has 0 saturated heterocycles. The summed E-state index contributed by atoms with van der Waals surface area (Å²) in [6.07, 6.45) is 2.50. The fraction of sp³-hybridized carbons (Fsp3) is 0.400. The van der Waals surface area contributed by atoms with Gasteiger partial charge >= 0.3 is 0 Å². The van der Waals surface area contributed by atoms with Gasteiger partial charge in [-0.15, -0.1) is 11.3 Å². The van der Waals surface area contributed by atoms with Crippen LogP contribution in [0.15, 0.2) is 30.3 Å². The summed E-state index contributed by atoms with van der Waals surface area (Å²) in [5.74, 6) is 1.52. The molecule has 0 amide bonds. The monoisotopic (exact) mass is 274 g/mol. The van der Waals surface area contributed by atoms with Crippen molar-refractivity contribution in [2.75, 3.05) is 0 Å². The molecular formula is C15H18N2OS. The highest BCUT2D eigenvalue weighted by Gasteiger charge is 2.30. The van der Waals surface area contributed by atoms with E-state index >= 15 is 0 Å². The Morgan fingerprint density at radius 3 is 2.74 bits per heavy atom. The van der Waals surface area contributed by atoms with Gasteiger partial charge in [0.25, 0.3) is 0 Å². The number of nitrogens with zero attached hydrogens (tertiary/aromatic N) is 1. The number of ether oxygens (including phenoxy) is 1. The lowest BCUT2D eigenvalue weighted by molar-refractivity contribution is 0.305. The third-order valence-electron chi connectivity index (χ3n) is 3.21. The number of thiazole rings is 1. The first-order valence-corrected chi connectivity index (χ1v) is 7.48. The molecule has 2 aromatic rings. The van der Waals surface area contributed by atoms with Crippen LogP contribution in [0.4, 0.5) is 0 Å². The molecule has 3 nitrogen and oxygen atoms in total. The molecule has 0 radical (unpaired) electrons. The van der Waals surface area contributed by atoms with Crippen LogP contribution in [0.5, 0.6) is 5.75 Å². The summed E-state index contributed by atoms with van der Waals surface area (Å²) in [6, 6.07) is 9.92. The molecule has 19 heavy (non-hydrogen) atoms. The average Bonchev–Trinajstić information content (AvgIpc) is 3.17. The van der Waals surface area contributed by atoms with Crippen LogP contribution < -0.4 is 10.5 Å². The van der Waals surface area contributed by atoms with Gasteiger partial charge < -0.3 is 10.5 Å². The van der Waals surface area contributed by atoms with E-state index < -0.39 is 0 Å². The van der Waals surface area contributed by atoms with Crippen molar-refractivity contribution in [1.82, 2.24) is 4.98 Å². The smallest absolute Gasteiger partial charge is 0.140 e. The number of aromatic nitrogens is 1. The first-order valence-electron chi connectivity index (χ1n) is 6.67. The van der Waals surface area contributed by atoms with Crippen LogP contribution in [0.3, 0.4) is 0 Å². The molecule has 1 unspecified atom stereocenters. The second-order valence-electron chi connectivity index (χ2n) is 5.02. The normalized spacial score (nSPS) is 16.3. The first kappa shape index (κ1) is 12.6. The lowest BCUT2D eigenvalue weighted by Gasteiger charge is -2.03. The molecule has 2 N–H and O–H groups in total. The van der Waals surface area contributed by atoms with E-state index in [0.29, 0.717) is 12.5 Å². The Labute approximate surface area is 117 Å². The maximum absolute atomic E-state index is 6.03. The molecule has 1 heterocycles. The maximum atomic E-state index is 6.03. The van der Waals surface area contributed by atoms with Crippen LogP contribution in [-0.4, -0.2) is 4.98 Å². The van der Waals surface area contributed by atoms with Crippen molar-refractivity contribution in [1.29, 1.82) is 0 Å². The molecule has 0 spiro atoms. The minimum Gasteiger partial charge on any atom is -0.486 e. The van der Waals surface area contributed by atoms with Crippen molar-refractivity contribution in [3.63, 3.8) is 0 Å². The Hall–Kier alpha value is -1.39. The van der Waals surface area contributed by atoms with E-state index in [2.05, 4.69) is 0 Å². The van der Waals surface area contributed by atoms with Gasteiger partial charge in [-0.2, -0.15) is 0 Å². The Kier molecular flexibility index (Phi) is 3.53. The molecule has 0 aliphatic heterocycles. The molecule has 3 rings (SSSR count). The van der Waals surface area contributed by atoms with E-state index in [1.54, 1.807) is 11.3 Å². The fourth-order valence-corrected chi connectivity index (χ4v) is 3.11. The Morgan fingerprint density at radius 1 is 1.37 bits per heavy atom. The van der Waals surface area contributed by atoms with Gasteiger partial charge in [0.2, 0.25) is 0 Å². The van der Waals surface area contributed by atoms with Gasteiger partial charge in [-0.05, 0) is 31.9 Å². The number of nitrogens with two attached hydrogens (primary N) is 1. The summed E-state index contributed by atoms with van der Waals surface area (Å²) in [4.78, 5) is 5.95. The number of hydrogen-bond donors (Lipinski definition) is 1. The van der Waals surface area contributed by atoms with Crippen LogP contribution in [0.25, 0.3) is 0 Å².